The van der Waals surface area contributed by atoms with Crippen molar-refractivity contribution >= 4 is 50.5 Å². The third kappa shape index (κ3) is 4.51. The Kier molecular flexibility index (Phi) is 6.38. The van der Waals surface area contributed by atoms with E-state index < -0.39 is 17.5 Å². The van der Waals surface area contributed by atoms with Crippen molar-refractivity contribution in [3.05, 3.63) is 87.3 Å². The first-order chi connectivity index (χ1) is 16.3. The topological polar surface area (TPSA) is 110 Å². The number of anilines is 2. The molecule has 1 unspecified atom stereocenters. The number of aromatic nitrogens is 2. The van der Waals surface area contributed by atoms with E-state index in [1.807, 2.05) is 18.2 Å². The van der Waals surface area contributed by atoms with Crippen molar-refractivity contribution in [2.45, 2.75) is 26.8 Å². The van der Waals surface area contributed by atoms with Crippen LogP contribution < -0.4 is 16.2 Å². The maximum absolute atomic E-state index is 13.3. The van der Waals surface area contributed by atoms with Crippen LogP contribution in [0.4, 0.5) is 11.4 Å². The standard InChI is InChI=1S/C25H22N4O4S/c1-14-20-24(34-21(14)23(32)27-18-9-5-4-6-10-18)26-13-29(25(20)33)15(2)22(31)28-19-11-7-8-17(12-19)16(3)30/h4-13,15H,1-3H3,(H,27,32)(H,28,31). The lowest BCUT2D eigenvalue weighted by Crippen LogP contribution is -2.31. The Bertz CT molecular complexity index is 1470. The molecule has 0 spiro atoms. The van der Waals surface area contributed by atoms with Gasteiger partial charge in [-0.05, 0) is 50.6 Å². The molecule has 2 aromatic carbocycles. The summed E-state index contributed by atoms with van der Waals surface area (Å²) in [5.41, 5.74) is 1.69. The van der Waals surface area contributed by atoms with Gasteiger partial charge >= 0.3 is 0 Å². The summed E-state index contributed by atoms with van der Waals surface area (Å²) in [6, 6.07) is 14.8. The highest BCUT2D eigenvalue weighted by Crippen LogP contribution is 2.28. The molecule has 2 heterocycles. The van der Waals surface area contributed by atoms with Crippen LogP contribution in [0.25, 0.3) is 10.2 Å². The number of nitrogens with one attached hydrogen (secondary N) is 2. The summed E-state index contributed by atoms with van der Waals surface area (Å²) in [5.74, 6) is -0.872. The summed E-state index contributed by atoms with van der Waals surface area (Å²) in [5, 5.41) is 5.87. The summed E-state index contributed by atoms with van der Waals surface area (Å²) in [4.78, 5) is 55.6. The lowest BCUT2D eigenvalue weighted by molar-refractivity contribution is -0.118. The molecular weight excluding hydrogens is 452 g/mol. The van der Waals surface area contributed by atoms with E-state index in [0.29, 0.717) is 37.6 Å². The molecule has 2 N–H and O–H groups in total. The maximum Gasteiger partial charge on any atom is 0.266 e. The second-order valence-corrected chi connectivity index (χ2v) is 8.81. The number of nitrogens with zero attached hydrogens (tertiary/aromatic N) is 2. The van der Waals surface area contributed by atoms with Crippen LogP contribution in [0.1, 0.15) is 45.5 Å². The van der Waals surface area contributed by atoms with Crippen LogP contribution in [-0.4, -0.2) is 27.1 Å². The number of fused-ring (bicyclic) bond motifs is 1. The molecule has 2 aromatic heterocycles. The zero-order valence-corrected chi connectivity index (χ0v) is 19.6. The van der Waals surface area contributed by atoms with Crippen molar-refractivity contribution in [1.29, 1.82) is 0 Å². The van der Waals surface area contributed by atoms with Gasteiger partial charge in [0.05, 0.1) is 16.6 Å². The lowest BCUT2D eigenvalue weighted by atomic mass is 10.1. The number of carbonyl (C=O) groups is 3. The molecule has 0 aliphatic carbocycles. The molecule has 4 aromatic rings. The number of aryl methyl sites for hydroxylation is 1. The molecule has 2 amide bonds. The first-order valence-corrected chi connectivity index (χ1v) is 11.4. The van der Waals surface area contributed by atoms with Gasteiger partial charge in [-0.1, -0.05) is 30.3 Å². The van der Waals surface area contributed by atoms with E-state index in [1.165, 1.54) is 17.8 Å². The minimum atomic E-state index is -0.869. The maximum atomic E-state index is 13.3. The van der Waals surface area contributed by atoms with E-state index in [-0.39, 0.29) is 11.7 Å². The van der Waals surface area contributed by atoms with Crippen LogP contribution in [-0.2, 0) is 4.79 Å². The van der Waals surface area contributed by atoms with Crippen LogP contribution in [0, 0.1) is 6.92 Å². The summed E-state index contributed by atoms with van der Waals surface area (Å²) >= 11 is 1.13. The third-order valence-electron chi connectivity index (χ3n) is 5.45. The van der Waals surface area contributed by atoms with E-state index >= 15 is 0 Å². The molecule has 0 radical (unpaired) electrons. The normalized spacial score (nSPS) is 11.7. The van der Waals surface area contributed by atoms with Crippen LogP contribution >= 0.6 is 11.3 Å². The van der Waals surface area contributed by atoms with Gasteiger partial charge < -0.3 is 10.6 Å². The predicted octanol–water partition coefficient (Wildman–Crippen LogP) is 4.42. The lowest BCUT2D eigenvalue weighted by Gasteiger charge is -2.15. The number of hydrogen-bond donors (Lipinski definition) is 2. The molecule has 0 saturated carbocycles. The molecule has 0 aliphatic rings. The molecule has 9 heteroatoms. The number of thiophene rings is 1. The summed E-state index contributed by atoms with van der Waals surface area (Å²) in [7, 11) is 0. The van der Waals surface area contributed by atoms with E-state index in [2.05, 4.69) is 15.6 Å². The SMILES string of the molecule is CC(=O)c1cccc(NC(=O)C(C)n2cnc3sc(C(=O)Nc4ccccc4)c(C)c3c2=O)c1. The summed E-state index contributed by atoms with van der Waals surface area (Å²) in [6.45, 7) is 4.73. The molecular formula is C25H22N4O4S. The zero-order valence-electron chi connectivity index (χ0n) is 18.8. The van der Waals surface area contributed by atoms with Crippen molar-refractivity contribution in [2.75, 3.05) is 10.6 Å². The Balaban J connectivity index is 1.61. The van der Waals surface area contributed by atoms with Crippen molar-refractivity contribution < 1.29 is 14.4 Å². The third-order valence-corrected chi connectivity index (χ3v) is 6.65. The van der Waals surface area contributed by atoms with E-state index in [1.54, 1.807) is 50.2 Å². The van der Waals surface area contributed by atoms with Gasteiger partial charge in [-0.2, -0.15) is 0 Å². The average Bonchev–Trinajstić information content (AvgIpc) is 3.17. The number of carbonyl (C=O) groups excluding carboxylic acids is 3. The van der Waals surface area contributed by atoms with Gasteiger partial charge in [-0.25, -0.2) is 4.98 Å². The highest BCUT2D eigenvalue weighted by atomic mass is 32.1. The quantitative estimate of drug-likeness (QED) is 0.402. The van der Waals surface area contributed by atoms with Crippen LogP contribution in [0.15, 0.2) is 65.7 Å². The second-order valence-electron chi connectivity index (χ2n) is 7.82. The first kappa shape index (κ1) is 23.1. The minimum absolute atomic E-state index is 0.116. The monoisotopic (exact) mass is 474 g/mol. The molecule has 1 atom stereocenters. The van der Waals surface area contributed by atoms with Gasteiger partial charge in [-0.15, -0.1) is 11.3 Å². The zero-order chi connectivity index (χ0) is 24.4. The first-order valence-electron chi connectivity index (χ1n) is 10.5. The molecule has 0 saturated heterocycles. The van der Waals surface area contributed by atoms with Gasteiger partial charge in [-0.3, -0.25) is 23.7 Å². The fourth-order valence-electron chi connectivity index (χ4n) is 3.53. The smallest absolute Gasteiger partial charge is 0.266 e. The van der Waals surface area contributed by atoms with E-state index in [4.69, 9.17) is 0 Å². The molecule has 34 heavy (non-hydrogen) atoms. The summed E-state index contributed by atoms with van der Waals surface area (Å²) in [6.07, 6.45) is 1.32. The minimum Gasteiger partial charge on any atom is -0.324 e. The average molecular weight is 475 g/mol. The van der Waals surface area contributed by atoms with Crippen LogP contribution in [0.5, 0.6) is 0 Å². The predicted molar refractivity (Wildman–Crippen MR) is 133 cm³/mol. The fraction of sp³-hybridized carbons (Fsp3) is 0.160. The Morgan fingerprint density at radius 1 is 1.00 bits per heavy atom. The number of rotatable bonds is 6. The Hall–Kier alpha value is -4.11. The van der Waals surface area contributed by atoms with Crippen LogP contribution in [0.3, 0.4) is 0 Å². The van der Waals surface area contributed by atoms with Gasteiger partial charge in [0, 0.05) is 16.9 Å². The van der Waals surface area contributed by atoms with Gasteiger partial charge in [0.1, 0.15) is 10.9 Å². The highest BCUT2D eigenvalue weighted by Gasteiger charge is 2.23. The molecule has 8 nitrogen and oxygen atoms in total. The van der Waals surface area contributed by atoms with Gasteiger partial charge in [0.15, 0.2) is 5.78 Å². The summed E-state index contributed by atoms with van der Waals surface area (Å²) < 4.78 is 1.24. The molecule has 0 aliphatic heterocycles. The fourth-order valence-corrected chi connectivity index (χ4v) is 4.56. The number of Topliss-reactive ketones (excluding diaryl/α,β-unsaturated/α-hetero) is 1. The molecule has 4 rings (SSSR count). The Morgan fingerprint density at radius 3 is 2.41 bits per heavy atom. The Morgan fingerprint density at radius 2 is 1.71 bits per heavy atom. The molecule has 0 bridgehead atoms. The molecule has 172 valence electrons. The number of para-hydroxylation sites is 1. The van der Waals surface area contributed by atoms with E-state index in [0.717, 1.165) is 11.3 Å². The Labute approximate surface area is 199 Å². The van der Waals surface area contributed by atoms with Crippen molar-refractivity contribution in [2.24, 2.45) is 0 Å². The number of benzene rings is 2. The van der Waals surface area contributed by atoms with Gasteiger partial charge in [0.2, 0.25) is 5.91 Å². The molecule has 0 fully saturated rings. The van der Waals surface area contributed by atoms with Crippen molar-refractivity contribution in [3.63, 3.8) is 0 Å². The number of ketones is 1. The van der Waals surface area contributed by atoms with Crippen molar-refractivity contribution in [3.8, 4) is 0 Å². The number of hydrogen-bond acceptors (Lipinski definition) is 6. The van der Waals surface area contributed by atoms with Crippen LogP contribution in [0.2, 0.25) is 0 Å². The second kappa shape index (κ2) is 9.40. The highest BCUT2D eigenvalue weighted by molar-refractivity contribution is 7.20. The van der Waals surface area contributed by atoms with Crippen molar-refractivity contribution in [1.82, 2.24) is 9.55 Å². The largest absolute Gasteiger partial charge is 0.324 e. The van der Waals surface area contributed by atoms with E-state index in [9.17, 15) is 19.2 Å². The van der Waals surface area contributed by atoms with Gasteiger partial charge in [0.25, 0.3) is 11.5 Å². The number of amides is 2.